The second kappa shape index (κ2) is 6.04. The number of nitrogens with zero attached hydrogens (tertiary/aromatic N) is 4. The Hall–Kier alpha value is -1.05. The SMILES string of the molecule is Cl.Cl.Cn1ncc([N+](=O)[O-])c1N1CCC(N)C1. The number of aromatic nitrogens is 2. The van der Waals surface area contributed by atoms with Gasteiger partial charge in [0.1, 0.15) is 6.20 Å². The third kappa shape index (κ3) is 2.99. The molecule has 0 aromatic carbocycles. The second-order valence-corrected chi connectivity index (χ2v) is 3.73. The zero-order valence-corrected chi connectivity index (χ0v) is 10.9. The Morgan fingerprint density at radius 1 is 1.59 bits per heavy atom. The Morgan fingerprint density at radius 3 is 2.71 bits per heavy atom. The Kier molecular flexibility index (Phi) is 5.67. The number of nitro groups is 1. The zero-order valence-electron chi connectivity index (χ0n) is 9.28. The molecular weight excluding hydrogens is 269 g/mol. The molecule has 1 fully saturated rings. The van der Waals surface area contributed by atoms with Crippen LogP contribution in [0.15, 0.2) is 6.20 Å². The van der Waals surface area contributed by atoms with E-state index in [-0.39, 0.29) is 36.5 Å². The van der Waals surface area contributed by atoms with Crippen molar-refractivity contribution < 1.29 is 4.92 Å². The largest absolute Gasteiger partial charge is 0.349 e. The summed E-state index contributed by atoms with van der Waals surface area (Å²) in [6.45, 7) is 1.40. The van der Waals surface area contributed by atoms with E-state index in [1.807, 2.05) is 4.90 Å². The van der Waals surface area contributed by atoms with Crippen LogP contribution in [0.25, 0.3) is 0 Å². The Balaban J connectivity index is 0.00000128. The van der Waals surface area contributed by atoms with Crippen LogP contribution < -0.4 is 10.6 Å². The van der Waals surface area contributed by atoms with Crippen molar-refractivity contribution in [1.82, 2.24) is 9.78 Å². The van der Waals surface area contributed by atoms with E-state index < -0.39 is 4.92 Å². The van der Waals surface area contributed by atoms with E-state index in [1.165, 1.54) is 10.9 Å². The van der Waals surface area contributed by atoms with E-state index in [9.17, 15) is 10.1 Å². The van der Waals surface area contributed by atoms with Gasteiger partial charge in [-0.15, -0.1) is 24.8 Å². The fraction of sp³-hybridized carbons (Fsp3) is 0.625. The van der Waals surface area contributed by atoms with Crippen LogP contribution in [0.2, 0.25) is 0 Å². The van der Waals surface area contributed by atoms with Gasteiger partial charge in [0.2, 0.25) is 5.82 Å². The minimum Gasteiger partial charge on any atom is -0.349 e. The van der Waals surface area contributed by atoms with Crippen molar-refractivity contribution in [2.24, 2.45) is 12.8 Å². The molecule has 1 saturated heterocycles. The summed E-state index contributed by atoms with van der Waals surface area (Å²) in [7, 11) is 1.70. The van der Waals surface area contributed by atoms with E-state index in [4.69, 9.17) is 5.73 Å². The number of anilines is 1. The molecule has 1 unspecified atom stereocenters. The van der Waals surface area contributed by atoms with Crippen LogP contribution in [-0.4, -0.2) is 33.8 Å². The van der Waals surface area contributed by atoms with Crippen LogP contribution in [0.4, 0.5) is 11.5 Å². The molecule has 98 valence electrons. The van der Waals surface area contributed by atoms with Crippen LogP contribution in [-0.2, 0) is 7.05 Å². The number of hydrogen-bond donors (Lipinski definition) is 1. The molecule has 1 atom stereocenters. The lowest BCUT2D eigenvalue weighted by atomic mass is 10.3. The highest BCUT2D eigenvalue weighted by atomic mass is 35.5. The Labute approximate surface area is 111 Å². The molecule has 1 aromatic heterocycles. The predicted molar refractivity (Wildman–Crippen MR) is 69.2 cm³/mol. The average molecular weight is 284 g/mol. The summed E-state index contributed by atoms with van der Waals surface area (Å²) in [5, 5.41) is 14.7. The fourth-order valence-corrected chi connectivity index (χ4v) is 1.89. The van der Waals surface area contributed by atoms with Gasteiger partial charge in [-0.05, 0) is 6.42 Å². The van der Waals surface area contributed by atoms with Crippen molar-refractivity contribution in [1.29, 1.82) is 0 Å². The van der Waals surface area contributed by atoms with Crippen LogP contribution in [0.1, 0.15) is 6.42 Å². The molecule has 0 aliphatic carbocycles. The van der Waals surface area contributed by atoms with E-state index in [0.29, 0.717) is 12.4 Å². The van der Waals surface area contributed by atoms with Crippen LogP contribution in [0.5, 0.6) is 0 Å². The van der Waals surface area contributed by atoms with Crippen molar-refractivity contribution in [2.75, 3.05) is 18.0 Å². The van der Waals surface area contributed by atoms with Gasteiger partial charge >= 0.3 is 5.69 Å². The summed E-state index contributed by atoms with van der Waals surface area (Å²) in [5.74, 6) is 0.549. The van der Waals surface area contributed by atoms with E-state index in [1.54, 1.807) is 7.05 Å². The molecule has 0 spiro atoms. The molecule has 0 saturated carbocycles. The average Bonchev–Trinajstić information content (AvgIpc) is 2.71. The Morgan fingerprint density at radius 2 is 2.24 bits per heavy atom. The molecule has 2 heterocycles. The highest BCUT2D eigenvalue weighted by molar-refractivity contribution is 5.85. The normalized spacial score (nSPS) is 18.5. The second-order valence-electron chi connectivity index (χ2n) is 3.73. The van der Waals surface area contributed by atoms with Crippen molar-refractivity contribution in [3.8, 4) is 0 Å². The summed E-state index contributed by atoms with van der Waals surface area (Å²) < 4.78 is 1.52. The van der Waals surface area contributed by atoms with Gasteiger partial charge in [0.25, 0.3) is 0 Å². The highest BCUT2D eigenvalue weighted by Gasteiger charge is 2.29. The van der Waals surface area contributed by atoms with Gasteiger partial charge in [-0.2, -0.15) is 5.10 Å². The van der Waals surface area contributed by atoms with Gasteiger partial charge in [-0.3, -0.25) is 10.1 Å². The van der Waals surface area contributed by atoms with Crippen molar-refractivity contribution in [3.05, 3.63) is 16.3 Å². The molecule has 0 amide bonds. The predicted octanol–water partition coefficient (Wildman–Crippen LogP) is 0.709. The van der Waals surface area contributed by atoms with Crippen molar-refractivity contribution >= 4 is 36.3 Å². The number of nitrogens with two attached hydrogens (primary N) is 1. The standard InChI is InChI=1S/C8H13N5O2.2ClH/c1-11-8(7(4-10-11)13(14)15)12-3-2-6(9)5-12;;/h4,6H,2-3,5,9H2,1H3;2*1H. The Bertz CT molecular complexity index is 397. The lowest BCUT2D eigenvalue weighted by molar-refractivity contribution is -0.384. The summed E-state index contributed by atoms with van der Waals surface area (Å²) in [5.41, 5.74) is 5.81. The van der Waals surface area contributed by atoms with Gasteiger partial charge in [-0.1, -0.05) is 0 Å². The minimum atomic E-state index is -0.411. The number of aryl methyl sites for hydroxylation is 1. The maximum absolute atomic E-state index is 10.8. The fourth-order valence-electron chi connectivity index (χ4n) is 1.89. The quantitative estimate of drug-likeness (QED) is 0.638. The number of rotatable bonds is 2. The molecule has 2 rings (SSSR count). The van der Waals surface area contributed by atoms with Gasteiger partial charge in [0.05, 0.1) is 4.92 Å². The minimum absolute atomic E-state index is 0. The molecule has 1 aromatic rings. The molecule has 1 aliphatic rings. The highest BCUT2D eigenvalue weighted by Crippen LogP contribution is 2.29. The topological polar surface area (TPSA) is 90.2 Å². The maximum atomic E-state index is 10.8. The van der Waals surface area contributed by atoms with Gasteiger partial charge in [0.15, 0.2) is 0 Å². The van der Waals surface area contributed by atoms with E-state index >= 15 is 0 Å². The monoisotopic (exact) mass is 283 g/mol. The number of halogens is 2. The smallest absolute Gasteiger partial charge is 0.331 e. The van der Waals surface area contributed by atoms with E-state index in [0.717, 1.165) is 13.0 Å². The molecule has 1 aliphatic heterocycles. The third-order valence-corrected chi connectivity index (χ3v) is 2.61. The molecule has 0 radical (unpaired) electrons. The third-order valence-electron chi connectivity index (χ3n) is 2.61. The molecule has 0 bridgehead atoms. The first-order valence-electron chi connectivity index (χ1n) is 4.76. The molecule has 9 heteroatoms. The lowest BCUT2D eigenvalue weighted by Crippen LogP contribution is -2.28. The first-order valence-corrected chi connectivity index (χ1v) is 4.76. The molecule has 2 N–H and O–H groups in total. The first-order chi connectivity index (χ1) is 7.09. The molecule has 17 heavy (non-hydrogen) atoms. The van der Waals surface area contributed by atoms with Crippen LogP contribution in [0.3, 0.4) is 0 Å². The zero-order chi connectivity index (χ0) is 11.0. The van der Waals surface area contributed by atoms with Gasteiger partial charge < -0.3 is 10.6 Å². The van der Waals surface area contributed by atoms with Crippen molar-refractivity contribution in [3.63, 3.8) is 0 Å². The van der Waals surface area contributed by atoms with Crippen LogP contribution in [0, 0.1) is 10.1 Å². The summed E-state index contributed by atoms with van der Waals surface area (Å²) in [6, 6.07) is 0.0968. The van der Waals surface area contributed by atoms with Crippen molar-refractivity contribution in [2.45, 2.75) is 12.5 Å². The van der Waals surface area contributed by atoms with Crippen LogP contribution >= 0.6 is 24.8 Å². The molecule has 7 nitrogen and oxygen atoms in total. The maximum Gasteiger partial charge on any atom is 0.331 e. The summed E-state index contributed by atoms with van der Waals surface area (Å²) in [6.07, 6.45) is 2.14. The van der Waals surface area contributed by atoms with E-state index in [2.05, 4.69) is 5.10 Å². The summed E-state index contributed by atoms with van der Waals surface area (Å²) >= 11 is 0. The first kappa shape index (κ1) is 16.0. The molecular formula is C8H15Cl2N5O2. The number of hydrogen-bond acceptors (Lipinski definition) is 5. The van der Waals surface area contributed by atoms with Gasteiger partial charge in [-0.25, -0.2) is 4.68 Å². The van der Waals surface area contributed by atoms with Gasteiger partial charge in [0, 0.05) is 26.2 Å². The lowest BCUT2D eigenvalue weighted by Gasteiger charge is -2.16. The summed E-state index contributed by atoms with van der Waals surface area (Å²) in [4.78, 5) is 12.3.